The van der Waals surface area contributed by atoms with Gasteiger partial charge in [-0.2, -0.15) is 0 Å². The van der Waals surface area contributed by atoms with Crippen molar-refractivity contribution >= 4 is 11.9 Å². The molecule has 0 fully saturated rings. The Bertz CT molecular complexity index is 369. The van der Waals surface area contributed by atoms with Gasteiger partial charge in [-0.15, -0.1) is 0 Å². The summed E-state index contributed by atoms with van der Waals surface area (Å²) in [6.45, 7) is 5.91. The number of ether oxygens (including phenoxy) is 1. The highest BCUT2D eigenvalue weighted by atomic mass is 16.5. The van der Waals surface area contributed by atoms with Crippen LogP contribution in [0.3, 0.4) is 0 Å². The normalized spacial score (nSPS) is 10.1. The quantitative estimate of drug-likeness (QED) is 0.707. The molecular weight excluding hydrogens is 218 g/mol. The van der Waals surface area contributed by atoms with E-state index in [0.717, 1.165) is 25.9 Å². The lowest BCUT2D eigenvalue weighted by molar-refractivity contribution is 0.0594. The van der Waals surface area contributed by atoms with Gasteiger partial charge in [-0.1, -0.05) is 13.3 Å². The highest BCUT2D eigenvalue weighted by molar-refractivity contribution is 5.87. The van der Waals surface area contributed by atoms with Crippen LogP contribution in [-0.2, 0) is 4.74 Å². The molecule has 0 aliphatic heterocycles. The highest BCUT2D eigenvalue weighted by Crippen LogP contribution is 2.09. The van der Waals surface area contributed by atoms with E-state index in [1.165, 1.54) is 7.11 Å². The molecule has 0 amide bonds. The highest BCUT2D eigenvalue weighted by Gasteiger charge is 2.12. The molecule has 5 nitrogen and oxygen atoms in total. The fraction of sp³-hybridized carbons (Fsp3) is 0.583. The van der Waals surface area contributed by atoms with Crippen molar-refractivity contribution in [2.45, 2.75) is 26.7 Å². The fourth-order valence-corrected chi connectivity index (χ4v) is 1.47. The summed E-state index contributed by atoms with van der Waals surface area (Å²) in [4.78, 5) is 21.8. The monoisotopic (exact) mass is 237 g/mol. The Kier molecular flexibility index (Phi) is 5.39. The zero-order chi connectivity index (χ0) is 12.7. The lowest BCUT2D eigenvalue weighted by Crippen LogP contribution is -2.26. The molecule has 0 spiro atoms. The largest absolute Gasteiger partial charge is 0.464 e. The lowest BCUT2D eigenvalue weighted by atomic mass is 10.3. The standard InChI is InChI=1S/C12H19N3O2/c1-4-6-9-15(5-2)12-13-8-7-10(14-12)11(16)17-3/h7-8H,4-6,9H2,1-3H3. The molecule has 1 rings (SSSR count). The zero-order valence-corrected chi connectivity index (χ0v) is 10.6. The zero-order valence-electron chi connectivity index (χ0n) is 10.6. The number of anilines is 1. The molecule has 0 unspecified atom stereocenters. The minimum absolute atomic E-state index is 0.299. The molecule has 0 saturated heterocycles. The smallest absolute Gasteiger partial charge is 0.356 e. The second-order valence-electron chi connectivity index (χ2n) is 3.67. The SMILES string of the molecule is CCCCN(CC)c1nccc(C(=O)OC)n1. The first-order valence-electron chi connectivity index (χ1n) is 5.89. The number of methoxy groups -OCH3 is 1. The van der Waals surface area contributed by atoms with Crippen molar-refractivity contribution < 1.29 is 9.53 Å². The van der Waals surface area contributed by atoms with Crippen molar-refractivity contribution in [3.05, 3.63) is 18.0 Å². The Morgan fingerprint density at radius 2 is 2.24 bits per heavy atom. The van der Waals surface area contributed by atoms with Gasteiger partial charge in [0.2, 0.25) is 5.95 Å². The van der Waals surface area contributed by atoms with E-state index in [-0.39, 0.29) is 0 Å². The number of unbranched alkanes of at least 4 members (excludes halogenated alkanes) is 1. The van der Waals surface area contributed by atoms with Crippen LogP contribution in [0.5, 0.6) is 0 Å². The molecule has 0 radical (unpaired) electrons. The topological polar surface area (TPSA) is 55.3 Å². The molecule has 1 heterocycles. The summed E-state index contributed by atoms with van der Waals surface area (Å²) in [5.41, 5.74) is 0.299. The Labute approximate surface area is 102 Å². The van der Waals surface area contributed by atoms with E-state index < -0.39 is 5.97 Å². The Hall–Kier alpha value is -1.65. The number of carbonyl (C=O) groups excluding carboxylic acids is 1. The summed E-state index contributed by atoms with van der Waals surface area (Å²) in [5.74, 6) is 0.157. The van der Waals surface area contributed by atoms with Crippen molar-refractivity contribution in [1.29, 1.82) is 0 Å². The minimum atomic E-state index is -0.430. The van der Waals surface area contributed by atoms with Crippen LogP contribution in [0.1, 0.15) is 37.2 Å². The second kappa shape index (κ2) is 6.83. The molecule has 0 aliphatic carbocycles. The number of hydrogen-bond donors (Lipinski definition) is 0. The summed E-state index contributed by atoms with van der Waals surface area (Å²) in [6.07, 6.45) is 3.79. The van der Waals surface area contributed by atoms with Crippen LogP contribution < -0.4 is 4.90 Å². The van der Waals surface area contributed by atoms with Gasteiger partial charge in [0.05, 0.1) is 7.11 Å². The van der Waals surface area contributed by atoms with Gasteiger partial charge in [0.1, 0.15) is 0 Å². The molecule has 0 aliphatic rings. The predicted molar refractivity (Wildman–Crippen MR) is 66.2 cm³/mol. The third-order valence-electron chi connectivity index (χ3n) is 2.48. The third-order valence-corrected chi connectivity index (χ3v) is 2.48. The maximum absolute atomic E-state index is 11.4. The van der Waals surface area contributed by atoms with Crippen LogP contribution in [0.15, 0.2) is 12.3 Å². The van der Waals surface area contributed by atoms with Crippen LogP contribution in [0, 0.1) is 0 Å². The third kappa shape index (κ3) is 3.69. The van der Waals surface area contributed by atoms with Gasteiger partial charge in [0.25, 0.3) is 0 Å². The average molecular weight is 237 g/mol. The molecule has 1 aromatic heterocycles. The number of rotatable bonds is 6. The molecule has 17 heavy (non-hydrogen) atoms. The van der Waals surface area contributed by atoms with E-state index in [1.807, 2.05) is 6.92 Å². The van der Waals surface area contributed by atoms with Crippen LogP contribution in [0.2, 0.25) is 0 Å². The van der Waals surface area contributed by atoms with E-state index in [0.29, 0.717) is 11.6 Å². The summed E-state index contributed by atoms with van der Waals surface area (Å²) >= 11 is 0. The van der Waals surface area contributed by atoms with Crippen LogP contribution in [-0.4, -0.2) is 36.1 Å². The van der Waals surface area contributed by atoms with Gasteiger partial charge in [0.15, 0.2) is 5.69 Å². The summed E-state index contributed by atoms with van der Waals surface area (Å²) in [6, 6.07) is 1.56. The first kappa shape index (κ1) is 13.4. The van der Waals surface area contributed by atoms with Crippen LogP contribution in [0.4, 0.5) is 5.95 Å². The molecule has 0 saturated carbocycles. The Morgan fingerprint density at radius 1 is 1.47 bits per heavy atom. The van der Waals surface area contributed by atoms with Crippen LogP contribution >= 0.6 is 0 Å². The summed E-state index contributed by atoms with van der Waals surface area (Å²) in [5, 5.41) is 0. The van der Waals surface area contributed by atoms with E-state index in [2.05, 4.69) is 26.5 Å². The second-order valence-corrected chi connectivity index (χ2v) is 3.67. The fourth-order valence-electron chi connectivity index (χ4n) is 1.47. The van der Waals surface area contributed by atoms with Gasteiger partial charge in [-0.25, -0.2) is 14.8 Å². The Balaban J connectivity index is 2.84. The average Bonchev–Trinajstić information content (AvgIpc) is 2.39. The van der Waals surface area contributed by atoms with Gasteiger partial charge in [-0.3, -0.25) is 0 Å². The molecule has 0 N–H and O–H groups in total. The number of esters is 1. The van der Waals surface area contributed by atoms with Gasteiger partial charge >= 0.3 is 5.97 Å². The van der Waals surface area contributed by atoms with Crippen molar-refractivity contribution in [3.8, 4) is 0 Å². The predicted octanol–water partition coefficient (Wildman–Crippen LogP) is 1.89. The van der Waals surface area contributed by atoms with E-state index in [9.17, 15) is 4.79 Å². The molecule has 94 valence electrons. The van der Waals surface area contributed by atoms with Crippen molar-refractivity contribution in [2.75, 3.05) is 25.1 Å². The molecule has 0 bridgehead atoms. The minimum Gasteiger partial charge on any atom is -0.464 e. The van der Waals surface area contributed by atoms with E-state index in [1.54, 1.807) is 12.3 Å². The molecule has 5 heteroatoms. The first-order chi connectivity index (χ1) is 8.22. The summed E-state index contributed by atoms with van der Waals surface area (Å²) < 4.78 is 4.64. The van der Waals surface area contributed by atoms with Crippen molar-refractivity contribution in [1.82, 2.24) is 9.97 Å². The maximum atomic E-state index is 11.4. The van der Waals surface area contributed by atoms with E-state index in [4.69, 9.17) is 0 Å². The summed E-state index contributed by atoms with van der Waals surface area (Å²) in [7, 11) is 1.35. The van der Waals surface area contributed by atoms with E-state index >= 15 is 0 Å². The van der Waals surface area contributed by atoms with Gasteiger partial charge in [0, 0.05) is 19.3 Å². The molecule has 0 atom stereocenters. The van der Waals surface area contributed by atoms with Gasteiger partial charge in [-0.05, 0) is 19.4 Å². The Morgan fingerprint density at radius 3 is 2.82 bits per heavy atom. The first-order valence-corrected chi connectivity index (χ1v) is 5.89. The van der Waals surface area contributed by atoms with Crippen molar-refractivity contribution in [2.24, 2.45) is 0 Å². The lowest BCUT2D eigenvalue weighted by Gasteiger charge is -2.20. The number of carbonyl (C=O) groups is 1. The maximum Gasteiger partial charge on any atom is 0.356 e. The van der Waals surface area contributed by atoms with Crippen LogP contribution in [0.25, 0.3) is 0 Å². The molecular formula is C12H19N3O2. The number of hydrogen-bond acceptors (Lipinski definition) is 5. The number of nitrogens with zero attached hydrogens (tertiary/aromatic N) is 3. The van der Waals surface area contributed by atoms with Gasteiger partial charge < -0.3 is 9.64 Å². The van der Waals surface area contributed by atoms with Crippen molar-refractivity contribution in [3.63, 3.8) is 0 Å². The molecule has 0 aromatic carbocycles. The molecule has 1 aromatic rings. The number of aromatic nitrogens is 2.